The van der Waals surface area contributed by atoms with E-state index in [1.807, 2.05) is 0 Å². The minimum Gasteiger partial charge on any atom is -0.383 e. The fraction of sp³-hybridized carbons (Fsp3) is 0.875. The summed E-state index contributed by atoms with van der Waals surface area (Å²) in [6.45, 7) is 1.24. The summed E-state index contributed by atoms with van der Waals surface area (Å²) >= 11 is 0. The molecule has 0 spiro atoms. The summed E-state index contributed by atoms with van der Waals surface area (Å²) in [7, 11) is 1.57. The van der Waals surface area contributed by atoms with Gasteiger partial charge in [0.05, 0.1) is 12.6 Å². The highest BCUT2D eigenvalue weighted by Crippen LogP contribution is 2.09. The molecule has 1 aliphatic heterocycles. The first-order valence-electron chi connectivity index (χ1n) is 4.38. The van der Waals surface area contributed by atoms with Gasteiger partial charge in [-0.25, -0.2) is 4.39 Å². The van der Waals surface area contributed by atoms with Gasteiger partial charge in [0.2, 0.25) is 5.91 Å². The Bertz CT molecular complexity index is 183. The maximum Gasteiger partial charge on any atom is 0.237 e. The van der Waals surface area contributed by atoms with Crippen molar-refractivity contribution in [3.05, 3.63) is 0 Å². The Morgan fingerprint density at radius 3 is 2.93 bits per heavy atom. The van der Waals surface area contributed by atoms with Crippen LogP contribution in [0.3, 0.4) is 0 Å². The second-order valence-electron chi connectivity index (χ2n) is 3.08. The monoisotopic (exact) mass is 226 g/mol. The van der Waals surface area contributed by atoms with E-state index in [1.165, 1.54) is 0 Å². The van der Waals surface area contributed by atoms with Gasteiger partial charge >= 0.3 is 0 Å². The minimum absolute atomic E-state index is 0. The number of amides is 1. The molecule has 0 aromatic heterocycles. The Morgan fingerprint density at radius 2 is 2.43 bits per heavy atom. The van der Waals surface area contributed by atoms with Crippen molar-refractivity contribution >= 4 is 18.3 Å². The summed E-state index contributed by atoms with van der Waals surface area (Å²) in [4.78, 5) is 11.3. The Labute approximate surface area is 89.0 Å². The van der Waals surface area contributed by atoms with Gasteiger partial charge in [-0.05, 0) is 0 Å². The molecule has 0 aliphatic carbocycles. The Morgan fingerprint density at radius 1 is 1.71 bits per heavy atom. The van der Waals surface area contributed by atoms with Gasteiger partial charge in [-0.3, -0.25) is 4.79 Å². The number of hydrogen-bond donors (Lipinski definition) is 2. The van der Waals surface area contributed by atoms with E-state index in [-0.39, 0.29) is 37.3 Å². The summed E-state index contributed by atoms with van der Waals surface area (Å²) in [5.74, 6) is -0.141. The number of carbonyl (C=O) groups is 1. The van der Waals surface area contributed by atoms with Gasteiger partial charge in [0.15, 0.2) is 0 Å². The maximum atomic E-state index is 12.7. The van der Waals surface area contributed by atoms with Crippen molar-refractivity contribution < 1.29 is 13.9 Å². The highest BCUT2D eigenvalue weighted by Gasteiger charge is 2.28. The molecule has 1 amide bonds. The first-order chi connectivity index (χ1) is 6.24. The number of nitrogens with one attached hydrogen (secondary N) is 2. The molecule has 0 aromatic rings. The molecule has 14 heavy (non-hydrogen) atoms. The molecule has 0 bridgehead atoms. The van der Waals surface area contributed by atoms with Crippen molar-refractivity contribution in [1.29, 1.82) is 0 Å². The van der Waals surface area contributed by atoms with E-state index in [2.05, 4.69) is 10.6 Å². The van der Waals surface area contributed by atoms with Crippen molar-refractivity contribution in [1.82, 2.24) is 10.6 Å². The smallest absolute Gasteiger partial charge is 0.237 e. The first kappa shape index (κ1) is 13.6. The summed E-state index contributed by atoms with van der Waals surface area (Å²) in [5, 5.41) is 5.46. The molecule has 1 fully saturated rings. The molecule has 0 saturated carbocycles. The van der Waals surface area contributed by atoms with E-state index in [1.54, 1.807) is 7.11 Å². The molecule has 1 saturated heterocycles. The summed E-state index contributed by atoms with van der Waals surface area (Å²) in [6, 6.07) is -0.369. The van der Waals surface area contributed by atoms with Crippen molar-refractivity contribution in [3.63, 3.8) is 0 Å². The molecule has 2 atom stereocenters. The van der Waals surface area contributed by atoms with E-state index < -0.39 is 6.17 Å². The summed E-state index contributed by atoms with van der Waals surface area (Å²) in [5.41, 5.74) is 0. The normalized spacial score (nSPS) is 25.6. The van der Waals surface area contributed by atoms with Crippen LogP contribution in [0.5, 0.6) is 0 Å². The molecule has 1 aliphatic rings. The lowest BCUT2D eigenvalue weighted by molar-refractivity contribution is -0.123. The topological polar surface area (TPSA) is 50.4 Å². The molecule has 4 nitrogen and oxygen atoms in total. The van der Waals surface area contributed by atoms with Crippen molar-refractivity contribution in [2.24, 2.45) is 0 Å². The highest BCUT2D eigenvalue weighted by molar-refractivity contribution is 5.85. The van der Waals surface area contributed by atoms with E-state index in [9.17, 15) is 9.18 Å². The SMILES string of the molecule is COCCNC(=O)[C@@H]1C[C@@H](F)CN1.Cl. The third kappa shape index (κ3) is 4.21. The van der Waals surface area contributed by atoms with Gasteiger partial charge in [-0.15, -0.1) is 12.4 Å². The van der Waals surface area contributed by atoms with E-state index >= 15 is 0 Å². The van der Waals surface area contributed by atoms with Crippen molar-refractivity contribution in [2.75, 3.05) is 26.8 Å². The maximum absolute atomic E-state index is 12.7. The molecular formula is C8H16ClFN2O2. The molecule has 1 rings (SSSR count). The zero-order chi connectivity index (χ0) is 9.68. The largest absolute Gasteiger partial charge is 0.383 e. The lowest BCUT2D eigenvalue weighted by atomic mass is 10.2. The zero-order valence-corrected chi connectivity index (χ0v) is 8.90. The van der Waals surface area contributed by atoms with Crippen LogP contribution in [0.2, 0.25) is 0 Å². The molecule has 2 N–H and O–H groups in total. The van der Waals surface area contributed by atoms with E-state index in [4.69, 9.17) is 4.74 Å². The average Bonchev–Trinajstić information content (AvgIpc) is 2.52. The molecule has 1 heterocycles. The number of halogens is 2. The predicted octanol–water partition coefficient (Wildman–Crippen LogP) is -0.129. The van der Waals surface area contributed by atoms with Crippen LogP contribution < -0.4 is 10.6 Å². The predicted molar refractivity (Wildman–Crippen MR) is 53.4 cm³/mol. The number of alkyl halides is 1. The number of hydrogen-bond acceptors (Lipinski definition) is 3. The van der Waals surface area contributed by atoms with Crippen LogP contribution in [0.4, 0.5) is 4.39 Å². The second kappa shape index (κ2) is 6.98. The lowest BCUT2D eigenvalue weighted by Crippen LogP contribution is -2.41. The Kier molecular flexibility index (Phi) is 6.78. The number of ether oxygens (including phenoxy) is 1. The Balaban J connectivity index is 0.00000169. The lowest BCUT2D eigenvalue weighted by Gasteiger charge is -2.09. The van der Waals surface area contributed by atoms with Gasteiger partial charge < -0.3 is 15.4 Å². The van der Waals surface area contributed by atoms with E-state index in [0.29, 0.717) is 13.2 Å². The van der Waals surface area contributed by atoms with Crippen LogP contribution in [0.1, 0.15) is 6.42 Å². The van der Waals surface area contributed by atoms with Crippen molar-refractivity contribution in [3.8, 4) is 0 Å². The molecule has 0 radical (unpaired) electrons. The third-order valence-corrected chi connectivity index (χ3v) is 2.00. The average molecular weight is 227 g/mol. The first-order valence-corrected chi connectivity index (χ1v) is 4.38. The summed E-state index contributed by atoms with van der Waals surface area (Å²) < 4.78 is 17.4. The number of methoxy groups -OCH3 is 1. The van der Waals surface area contributed by atoms with Crippen LogP contribution in [-0.4, -0.2) is 44.9 Å². The quantitative estimate of drug-likeness (QED) is 0.657. The molecule has 6 heteroatoms. The zero-order valence-electron chi connectivity index (χ0n) is 8.09. The number of carbonyl (C=O) groups excluding carboxylic acids is 1. The van der Waals surface area contributed by atoms with Gasteiger partial charge in [-0.1, -0.05) is 0 Å². The molecular weight excluding hydrogens is 211 g/mol. The van der Waals surface area contributed by atoms with Crippen LogP contribution in [0, 0.1) is 0 Å². The Hall–Kier alpha value is -0.390. The third-order valence-electron chi connectivity index (χ3n) is 2.00. The minimum atomic E-state index is -0.891. The van der Waals surface area contributed by atoms with Gasteiger partial charge in [0.1, 0.15) is 6.17 Å². The van der Waals surface area contributed by atoms with E-state index in [0.717, 1.165) is 0 Å². The van der Waals surface area contributed by atoms with Crippen molar-refractivity contribution in [2.45, 2.75) is 18.6 Å². The van der Waals surface area contributed by atoms with Gasteiger partial charge in [0.25, 0.3) is 0 Å². The van der Waals surface area contributed by atoms with Crippen LogP contribution in [-0.2, 0) is 9.53 Å². The number of rotatable bonds is 4. The molecule has 84 valence electrons. The second-order valence-corrected chi connectivity index (χ2v) is 3.08. The summed E-state index contributed by atoms with van der Waals surface area (Å²) in [6.07, 6.45) is -0.614. The molecule has 0 unspecified atom stereocenters. The van der Waals surface area contributed by atoms with Crippen LogP contribution in [0.25, 0.3) is 0 Å². The molecule has 0 aromatic carbocycles. The van der Waals surface area contributed by atoms with Gasteiger partial charge in [-0.2, -0.15) is 0 Å². The van der Waals surface area contributed by atoms with Crippen LogP contribution >= 0.6 is 12.4 Å². The highest BCUT2D eigenvalue weighted by atomic mass is 35.5. The van der Waals surface area contributed by atoms with Gasteiger partial charge in [0, 0.05) is 26.6 Å². The fourth-order valence-corrected chi connectivity index (χ4v) is 1.29. The fourth-order valence-electron chi connectivity index (χ4n) is 1.29. The van der Waals surface area contributed by atoms with Crippen LogP contribution in [0.15, 0.2) is 0 Å². The standard InChI is InChI=1S/C8H15FN2O2.ClH/c1-13-3-2-10-8(12)7-4-6(9)5-11-7;/h6-7,11H,2-5H2,1H3,(H,10,12);1H/t6-,7+;/m1./s1.